The van der Waals surface area contributed by atoms with E-state index in [0.29, 0.717) is 0 Å². The molecule has 2 aromatic rings. The molecule has 1 N–H and O–H groups in total. The van der Waals surface area contributed by atoms with Crippen molar-refractivity contribution in [1.82, 2.24) is 0 Å². The summed E-state index contributed by atoms with van der Waals surface area (Å²) in [6.45, 7) is 4.04. The van der Waals surface area contributed by atoms with Crippen molar-refractivity contribution in [2.24, 2.45) is 0 Å². The Kier molecular flexibility index (Phi) is 5.28. The normalized spacial score (nSPS) is 10.4. The van der Waals surface area contributed by atoms with Crippen molar-refractivity contribution in [2.75, 3.05) is 5.32 Å². The molecule has 4 heteroatoms. The van der Waals surface area contributed by atoms with Crippen LogP contribution >= 0.6 is 11.3 Å². The molecular weight excluding hydrogens is 282 g/mol. The van der Waals surface area contributed by atoms with Gasteiger partial charge in [0.25, 0.3) is 0 Å². The first-order valence-corrected chi connectivity index (χ1v) is 7.88. The van der Waals surface area contributed by atoms with Crippen LogP contribution in [0.1, 0.15) is 39.9 Å². The Balaban J connectivity index is 1.85. The van der Waals surface area contributed by atoms with E-state index in [2.05, 4.69) is 12.2 Å². The van der Waals surface area contributed by atoms with E-state index in [9.17, 15) is 9.59 Å². The van der Waals surface area contributed by atoms with Crippen LogP contribution < -0.4 is 5.32 Å². The zero-order valence-electron chi connectivity index (χ0n) is 12.3. The van der Waals surface area contributed by atoms with Crippen molar-refractivity contribution in [1.29, 1.82) is 0 Å². The monoisotopic (exact) mass is 301 g/mol. The van der Waals surface area contributed by atoms with E-state index in [-0.39, 0.29) is 24.5 Å². The predicted molar refractivity (Wildman–Crippen MR) is 87.1 cm³/mol. The van der Waals surface area contributed by atoms with Crippen LogP contribution in [0.15, 0.2) is 36.4 Å². The average Bonchev–Trinajstić information content (AvgIpc) is 2.91. The lowest BCUT2D eigenvalue weighted by Gasteiger charge is -2.06. The SMILES string of the molecule is CCc1cccc(NC(=O)CCC(=O)c2ccc(C)s2)c1. The van der Waals surface area contributed by atoms with Crippen molar-refractivity contribution in [3.8, 4) is 0 Å². The maximum absolute atomic E-state index is 11.9. The van der Waals surface area contributed by atoms with Gasteiger partial charge in [0, 0.05) is 23.4 Å². The average molecular weight is 301 g/mol. The van der Waals surface area contributed by atoms with E-state index in [0.717, 1.165) is 21.9 Å². The van der Waals surface area contributed by atoms with Gasteiger partial charge in [-0.2, -0.15) is 0 Å². The number of rotatable bonds is 6. The minimum absolute atomic E-state index is 0.0329. The molecule has 0 radical (unpaired) electrons. The fourth-order valence-electron chi connectivity index (χ4n) is 2.03. The number of thiophene rings is 1. The summed E-state index contributed by atoms with van der Waals surface area (Å²) < 4.78 is 0. The van der Waals surface area contributed by atoms with Gasteiger partial charge in [-0.25, -0.2) is 0 Å². The van der Waals surface area contributed by atoms with Gasteiger partial charge in [-0.3, -0.25) is 9.59 Å². The van der Waals surface area contributed by atoms with Crippen molar-refractivity contribution in [3.05, 3.63) is 51.7 Å². The summed E-state index contributed by atoms with van der Waals surface area (Å²) in [5.41, 5.74) is 1.97. The van der Waals surface area contributed by atoms with Gasteiger partial charge in [0.1, 0.15) is 0 Å². The van der Waals surface area contributed by atoms with Gasteiger partial charge in [0.05, 0.1) is 4.88 Å². The van der Waals surface area contributed by atoms with Crippen LogP contribution in [-0.2, 0) is 11.2 Å². The largest absolute Gasteiger partial charge is 0.326 e. The molecule has 0 saturated carbocycles. The van der Waals surface area contributed by atoms with E-state index in [1.54, 1.807) is 0 Å². The first-order valence-electron chi connectivity index (χ1n) is 7.07. The summed E-state index contributed by atoms with van der Waals surface area (Å²) in [7, 11) is 0. The van der Waals surface area contributed by atoms with Gasteiger partial charge >= 0.3 is 0 Å². The molecule has 0 aliphatic heterocycles. The van der Waals surface area contributed by atoms with Crippen LogP contribution in [0.3, 0.4) is 0 Å². The van der Waals surface area contributed by atoms with Crippen LogP contribution in [0.4, 0.5) is 5.69 Å². The fourth-order valence-corrected chi connectivity index (χ4v) is 2.86. The second kappa shape index (κ2) is 7.18. The van der Waals surface area contributed by atoms with E-state index in [4.69, 9.17) is 0 Å². The summed E-state index contributed by atoms with van der Waals surface area (Å²) in [5.74, 6) is -0.0876. The Morgan fingerprint density at radius 1 is 1.14 bits per heavy atom. The highest BCUT2D eigenvalue weighted by atomic mass is 32.1. The smallest absolute Gasteiger partial charge is 0.224 e. The second-order valence-electron chi connectivity index (χ2n) is 4.94. The Bertz CT molecular complexity index is 646. The van der Waals surface area contributed by atoms with Gasteiger partial charge in [0.15, 0.2) is 5.78 Å². The molecule has 3 nitrogen and oxygen atoms in total. The molecule has 0 aliphatic carbocycles. The van der Waals surface area contributed by atoms with Crippen molar-refractivity contribution < 1.29 is 9.59 Å². The Morgan fingerprint density at radius 3 is 2.62 bits per heavy atom. The number of amides is 1. The molecular formula is C17H19NO2S. The van der Waals surface area contributed by atoms with E-state index < -0.39 is 0 Å². The van der Waals surface area contributed by atoms with Gasteiger partial charge in [0.2, 0.25) is 5.91 Å². The molecule has 0 unspecified atom stereocenters. The first-order chi connectivity index (χ1) is 10.1. The Labute approximate surface area is 129 Å². The van der Waals surface area contributed by atoms with E-state index in [1.165, 1.54) is 16.9 Å². The minimum Gasteiger partial charge on any atom is -0.326 e. The maximum atomic E-state index is 11.9. The third-order valence-corrected chi connectivity index (χ3v) is 4.26. The number of carbonyl (C=O) groups is 2. The third-order valence-electron chi connectivity index (χ3n) is 3.21. The summed E-state index contributed by atoms with van der Waals surface area (Å²) in [4.78, 5) is 25.7. The Hall–Kier alpha value is -1.94. The highest BCUT2D eigenvalue weighted by molar-refractivity contribution is 7.14. The molecule has 1 heterocycles. The van der Waals surface area contributed by atoms with Gasteiger partial charge in [-0.05, 0) is 43.2 Å². The standard InChI is InChI=1S/C17H19NO2S/c1-3-13-5-4-6-14(11-13)18-17(20)10-8-15(19)16-9-7-12(2)21-16/h4-7,9,11H,3,8,10H2,1-2H3,(H,18,20). The molecule has 1 aromatic carbocycles. The lowest BCUT2D eigenvalue weighted by molar-refractivity contribution is -0.116. The van der Waals surface area contributed by atoms with Crippen LogP contribution in [0.2, 0.25) is 0 Å². The summed E-state index contributed by atoms with van der Waals surface area (Å²) >= 11 is 1.48. The molecule has 1 amide bonds. The molecule has 0 aliphatic rings. The topological polar surface area (TPSA) is 46.2 Å². The van der Waals surface area contributed by atoms with Crippen LogP contribution in [0.5, 0.6) is 0 Å². The molecule has 0 saturated heterocycles. The number of hydrogen-bond donors (Lipinski definition) is 1. The zero-order valence-corrected chi connectivity index (χ0v) is 13.1. The number of hydrogen-bond acceptors (Lipinski definition) is 3. The summed E-state index contributed by atoms with van der Waals surface area (Å²) in [6, 6.07) is 11.5. The van der Waals surface area contributed by atoms with Crippen molar-refractivity contribution in [3.63, 3.8) is 0 Å². The molecule has 2 rings (SSSR count). The number of ketones is 1. The number of benzene rings is 1. The molecule has 1 aromatic heterocycles. The number of aryl methyl sites for hydroxylation is 2. The lowest BCUT2D eigenvalue weighted by Crippen LogP contribution is -2.13. The highest BCUT2D eigenvalue weighted by Gasteiger charge is 2.11. The Morgan fingerprint density at radius 2 is 1.95 bits per heavy atom. The molecule has 0 atom stereocenters. The van der Waals surface area contributed by atoms with Gasteiger partial charge in [-0.15, -0.1) is 11.3 Å². The predicted octanol–water partition coefficient (Wildman–Crippen LogP) is 4.22. The quantitative estimate of drug-likeness (QED) is 0.812. The molecule has 110 valence electrons. The molecule has 21 heavy (non-hydrogen) atoms. The summed E-state index contributed by atoms with van der Waals surface area (Å²) in [5, 5.41) is 2.84. The lowest BCUT2D eigenvalue weighted by atomic mass is 10.1. The van der Waals surface area contributed by atoms with Crippen molar-refractivity contribution >= 4 is 28.7 Å². The van der Waals surface area contributed by atoms with Crippen LogP contribution in [0.25, 0.3) is 0 Å². The molecule has 0 spiro atoms. The molecule has 0 bridgehead atoms. The third kappa shape index (κ3) is 4.53. The fraction of sp³-hybridized carbons (Fsp3) is 0.294. The van der Waals surface area contributed by atoms with E-state index >= 15 is 0 Å². The zero-order chi connectivity index (χ0) is 15.2. The summed E-state index contributed by atoms with van der Waals surface area (Å²) in [6.07, 6.45) is 1.39. The number of carbonyl (C=O) groups excluding carboxylic acids is 2. The van der Waals surface area contributed by atoms with Gasteiger partial charge in [-0.1, -0.05) is 19.1 Å². The maximum Gasteiger partial charge on any atom is 0.224 e. The second-order valence-corrected chi connectivity index (χ2v) is 6.22. The van der Waals surface area contributed by atoms with Gasteiger partial charge < -0.3 is 5.32 Å². The number of Topliss-reactive ketones (excluding diaryl/α,β-unsaturated/α-hetero) is 1. The highest BCUT2D eigenvalue weighted by Crippen LogP contribution is 2.18. The number of anilines is 1. The first kappa shape index (κ1) is 15.4. The van der Waals surface area contributed by atoms with E-state index in [1.807, 2.05) is 43.3 Å². The number of nitrogens with one attached hydrogen (secondary N) is 1. The van der Waals surface area contributed by atoms with Crippen molar-refractivity contribution in [2.45, 2.75) is 33.1 Å². The van der Waals surface area contributed by atoms with Crippen LogP contribution in [-0.4, -0.2) is 11.7 Å². The minimum atomic E-state index is -0.120. The molecule has 0 fully saturated rings. The van der Waals surface area contributed by atoms with Crippen LogP contribution in [0, 0.1) is 6.92 Å².